The van der Waals surface area contributed by atoms with Crippen molar-refractivity contribution in [2.24, 2.45) is 0 Å². The van der Waals surface area contributed by atoms with Crippen LogP contribution in [0.25, 0.3) is 17.5 Å². The molecule has 0 spiro atoms. The minimum atomic E-state index is 0.828. The first kappa shape index (κ1) is 11.1. The Labute approximate surface area is 101 Å². The van der Waals surface area contributed by atoms with E-state index in [4.69, 9.17) is 0 Å². The zero-order chi connectivity index (χ0) is 12.1. The van der Waals surface area contributed by atoms with Gasteiger partial charge in [0.15, 0.2) is 0 Å². The number of pyridine rings is 2. The van der Waals surface area contributed by atoms with Gasteiger partial charge in [0.25, 0.3) is 0 Å². The van der Waals surface area contributed by atoms with Crippen molar-refractivity contribution >= 4 is 6.08 Å². The summed E-state index contributed by atoms with van der Waals surface area (Å²) in [5, 5.41) is 0. The van der Waals surface area contributed by atoms with Crippen LogP contribution in [0.4, 0.5) is 0 Å². The van der Waals surface area contributed by atoms with E-state index in [1.54, 1.807) is 18.5 Å². The number of hydrogen-bond acceptors (Lipinski definition) is 2. The molecule has 82 valence electrons. The fourth-order valence-electron chi connectivity index (χ4n) is 1.51. The van der Waals surface area contributed by atoms with Crippen LogP contribution < -0.4 is 0 Å². The number of rotatable bonds is 2. The third-order valence-electron chi connectivity index (χ3n) is 2.31. The molecule has 0 radical (unpaired) electrons. The molecule has 0 aliphatic rings. The third kappa shape index (κ3) is 2.59. The van der Waals surface area contributed by atoms with Gasteiger partial charge in [0.05, 0.1) is 11.4 Å². The average molecular weight is 220 g/mol. The Hall–Kier alpha value is -2.40. The molecule has 0 fully saturated rings. The van der Waals surface area contributed by atoms with Crippen molar-refractivity contribution in [3.8, 4) is 23.2 Å². The highest BCUT2D eigenvalue weighted by Gasteiger charge is 2.01. The van der Waals surface area contributed by atoms with Gasteiger partial charge in [-0.25, -0.2) is 0 Å². The second-order valence-electron chi connectivity index (χ2n) is 3.48. The van der Waals surface area contributed by atoms with Crippen molar-refractivity contribution in [3.63, 3.8) is 0 Å². The zero-order valence-electron chi connectivity index (χ0n) is 9.64. The summed E-state index contributed by atoms with van der Waals surface area (Å²) in [7, 11) is 0. The van der Waals surface area contributed by atoms with E-state index in [1.807, 2.05) is 31.2 Å². The molecule has 0 aliphatic heterocycles. The molecule has 0 atom stereocenters. The van der Waals surface area contributed by atoms with Crippen LogP contribution in [0.1, 0.15) is 18.1 Å². The molecule has 0 aliphatic carbocycles. The van der Waals surface area contributed by atoms with Crippen LogP contribution in [0, 0.1) is 11.8 Å². The first-order valence-corrected chi connectivity index (χ1v) is 5.31. The van der Waals surface area contributed by atoms with Gasteiger partial charge in [-0.15, -0.1) is 5.92 Å². The first-order chi connectivity index (χ1) is 8.33. The van der Waals surface area contributed by atoms with E-state index < -0.39 is 0 Å². The second-order valence-corrected chi connectivity index (χ2v) is 3.48. The maximum absolute atomic E-state index is 4.30. The fourth-order valence-corrected chi connectivity index (χ4v) is 1.51. The highest BCUT2D eigenvalue weighted by molar-refractivity contribution is 5.61. The molecule has 0 aromatic carbocycles. The van der Waals surface area contributed by atoms with Crippen molar-refractivity contribution in [2.75, 3.05) is 0 Å². The lowest BCUT2D eigenvalue weighted by Gasteiger charge is -2.01. The van der Waals surface area contributed by atoms with Crippen molar-refractivity contribution in [1.82, 2.24) is 9.97 Å². The van der Waals surface area contributed by atoms with Gasteiger partial charge in [-0.05, 0) is 36.8 Å². The number of nitrogens with zero attached hydrogens (tertiary/aromatic N) is 2. The minimum absolute atomic E-state index is 0.828. The lowest BCUT2D eigenvalue weighted by molar-refractivity contribution is 1.24. The van der Waals surface area contributed by atoms with Crippen LogP contribution in [-0.2, 0) is 0 Å². The quantitative estimate of drug-likeness (QED) is 0.726. The van der Waals surface area contributed by atoms with Crippen LogP contribution in [-0.4, -0.2) is 9.97 Å². The number of hydrogen-bond donors (Lipinski definition) is 0. The molecule has 0 unspecified atom stereocenters. The predicted molar refractivity (Wildman–Crippen MR) is 70.1 cm³/mol. The van der Waals surface area contributed by atoms with Crippen LogP contribution in [0.15, 0.2) is 43.2 Å². The maximum atomic E-state index is 4.30. The Kier molecular flexibility index (Phi) is 3.32. The smallest absolute Gasteiger partial charge is 0.0898 e. The summed E-state index contributed by atoms with van der Waals surface area (Å²) in [6.07, 6.45) is 5.30. The van der Waals surface area contributed by atoms with Gasteiger partial charge in [-0.3, -0.25) is 9.97 Å². The molecule has 0 saturated heterocycles. The van der Waals surface area contributed by atoms with Gasteiger partial charge in [-0.2, -0.15) is 0 Å². The van der Waals surface area contributed by atoms with Crippen molar-refractivity contribution in [3.05, 3.63) is 54.4 Å². The molecule has 2 rings (SSSR count). The summed E-state index contributed by atoms with van der Waals surface area (Å²) >= 11 is 0. The highest BCUT2D eigenvalue weighted by atomic mass is 14.8. The first-order valence-electron chi connectivity index (χ1n) is 5.31. The molecule has 17 heavy (non-hydrogen) atoms. The summed E-state index contributed by atoms with van der Waals surface area (Å²) in [6.45, 7) is 5.56. The third-order valence-corrected chi connectivity index (χ3v) is 2.31. The highest BCUT2D eigenvalue weighted by Crippen LogP contribution is 2.16. The topological polar surface area (TPSA) is 25.8 Å². The molecule has 2 nitrogen and oxygen atoms in total. The maximum Gasteiger partial charge on any atom is 0.0898 e. The molecule has 2 heterocycles. The van der Waals surface area contributed by atoms with E-state index in [0.29, 0.717) is 0 Å². The molecule has 2 aromatic rings. The molecule has 0 N–H and O–H groups in total. The molecule has 0 saturated carbocycles. The average Bonchev–Trinajstić information content (AvgIpc) is 2.40. The Morgan fingerprint density at radius 2 is 1.82 bits per heavy atom. The van der Waals surface area contributed by atoms with Gasteiger partial charge in [0.2, 0.25) is 0 Å². The SMILES string of the molecule is C=Cc1ccnc(-c2cc(C#CC)ccn2)c1. The Morgan fingerprint density at radius 3 is 2.53 bits per heavy atom. The van der Waals surface area contributed by atoms with E-state index >= 15 is 0 Å². The van der Waals surface area contributed by atoms with E-state index in [0.717, 1.165) is 22.5 Å². The molecule has 2 heteroatoms. The predicted octanol–water partition coefficient (Wildman–Crippen LogP) is 3.16. The van der Waals surface area contributed by atoms with E-state index in [2.05, 4.69) is 28.4 Å². The fraction of sp³-hybridized carbons (Fsp3) is 0.0667. The Bertz CT molecular complexity index is 604. The molecular formula is C15H12N2. The molecule has 2 aromatic heterocycles. The van der Waals surface area contributed by atoms with E-state index in [9.17, 15) is 0 Å². The second kappa shape index (κ2) is 5.09. The summed E-state index contributed by atoms with van der Waals surface area (Å²) in [5.41, 5.74) is 3.64. The van der Waals surface area contributed by atoms with Crippen LogP contribution in [0.2, 0.25) is 0 Å². The van der Waals surface area contributed by atoms with Crippen molar-refractivity contribution in [1.29, 1.82) is 0 Å². The number of aromatic nitrogens is 2. The van der Waals surface area contributed by atoms with E-state index in [1.165, 1.54) is 0 Å². The monoisotopic (exact) mass is 220 g/mol. The summed E-state index contributed by atoms with van der Waals surface area (Å²) in [4.78, 5) is 8.60. The Morgan fingerprint density at radius 1 is 1.12 bits per heavy atom. The van der Waals surface area contributed by atoms with Crippen LogP contribution in [0.5, 0.6) is 0 Å². The van der Waals surface area contributed by atoms with Gasteiger partial charge < -0.3 is 0 Å². The van der Waals surface area contributed by atoms with Crippen molar-refractivity contribution in [2.45, 2.75) is 6.92 Å². The van der Waals surface area contributed by atoms with Gasteiger partial charge in [0, 0.05) is 18.0 Å². The summed E-state index contributed by atoms with van der Waals surface area (Å²) < 4.78 is 0. The van der Waals surface area contributed by atoms with Crippen LogP contribution >= 0.6 is 0 Å². The molecule has 0 bridgehead atoms. The summed E-state index contributed by atoms with van der Waals surface area (Å²) in [6, 6.07) is 7.69. The summed E-state index contributed by atoms with van der Waals surface area (Å²) in [5.74, 6) is 5.88. The van der Waals surface area contributed by atoms with Gasteiger partial charge in [0.1, 0.15) is 0 Å². The zero-order valence-corrected chi connectivity index (χ0v) is 9.64. The largest absolute Gasteiger partial charge is 0.255 e. The molecule has 0 amide bonds. The minimum Gasteiger partial charge on any atom is -0.255 e. The molecular weight excluding hydrogens is 208 g/mol. The lowest BCUT2D eigenvalue weighted by atomic mass is 10.1. The normalized spacial score (nSPS) is 9.24. The van der Waals surface area contributed by atoms with Crippen LogP contribution in [0.3, 0.4) is 0 Å². The Balaban J connectivity index is 2.47. The van der Waals surface area contributed by atoms with E-state index in [-0.39, 0.29) is 0 Å². The van der Waals surface area contributed by atoms with Crippen molar-refractivity contribution < 1.29 is 0 Å². The van der Waals surface area contributed by atoms with Gasteiger partial charge >= 0.3 is 0 Å². The standard InChI is InChI=1S/C15H12N2/c1-3-5-13-7-9-17-15(11-13)14-10-12(4-2)6-8-16-14/h4,6-11H,2H2,1H3. The lowest BCUT2D eigenvalue weighted by Crippen LogP contribution is -1.88. The van der Waals surface area contributed by atoms with Gasteiger partial charge in [-0.1, -0.05) is 18.6 Å².